The van der Waals surface area contributed by atoms with Gasteiger partial charge in [-0.25, -0.2) is 17.9 Å². The Labute approximate surface area is 135 Å². The first-order chi connectivity index (χ1) is 9.98. The van der Waals surface area contributed by atoms with Gasteiger partial charge in [0.1, 0.15) is 0 Å². The van der Waals surface area contributed by atoms with Gasteiger partial charge in [-0.2, -0.15) is 0 Å². The average Bonchev–Trinajstić information content (AvgIpc) is 2.33. The fraction of sp³-hybridized carbons (Fsp3) is 0.933. The molecule has 2 amide bonds. The first-order valence-electron chi connectivity index (χ1n) is 8.03. The van der Waals surface area contributed by atoms with E-state index in [9.17, 15) is 13.2 Å². The van der Waals surface area contributed by atoms with Crippen molar-refractivity contribution in [2.45, 2.75) is 53.0 Å². The van der Waals surface area contributed by atoms with E-state index in [2.05, 4.69) is 10.0 Å². The second-order valence-corrected chi connectivity index (χ2v) is 9.49. The lowest BCUT2D eigenvalue weighted by atomic mass is 9.97. The molecule has 1 aliphatic heterocycles. The summed E-state index contributed by atoms with van der Waals surface area (Å²) in [5.41, 5.74) is -0.236. The van der Waals surface area contributed by atoms with Crippen LogP contribution in [-0.4, -0.2) is 50.3 Å². The van der Waals surface area contributed by atoms with Gasteiger partial charge in [0.2, 0.25) is 10.0 Å². The Morgan fingerprint density at radius 1 is 1.23 bits per heavy atom. The Hall–Kier alpha value is -0.820. The van der Waals surface area contributed by atoms with E-state index in [1.54, 1.807) is 0 Å². The van der Waals surface area contributed by atoms with E-state index in [1.807, 2.05) is 39.5 Å². The van der Waals surface area contributed by atoms with Crippen LogP contribution in [0.15, 0.2) is 0 Å². The van der Waals surface area contributed by atoms with E-state index in [1.165, 1.54) is 0 Å². The lowest BCUT2D eigenvalue weighted by Crippen LogP contribution is -2.51. The number of piperidine rings is 1. The highest BCUT2D eigenvalue weighted by atomic mass is 32.2. The number of carbonyl (C=O) groups excluding carboxylic acids is 1. The summed E-state index contributed by atoms with van der Waals surface area (Å²) in [5.74, 6) is 0.598. The molecule has 0 spiro atoms. The molecular weight excluding hydrogens is 302 g/mol. The molecule has 1 aliphatic rings. The van der Waals surface area contributed by atoms with Crippen LogP contribution in [0.2, 0.25) is 0 Å². The number of hydrogen-bond donors (Lipinski definition) is 2. The molecule has 2 N–H and O–H groups in total. The highest BCUT2D eigenvalue weighted by Crippen LogP contribution is 2.17. The van der Waals surface area contributed by atoms with Crippen molar-refractivity contribution in [1.82, 2.24) is 14.9 Å². The van der Waals surface area contributed by atoms with Crippen LogP contribution in [0.25, 0.3) is 0 Å². The van der Waals surface area contributed by atoms with E-state index >= 15 is 0 Å². The molecule has 0 aromatic heterocycles. The van der Waals surface area contributed by atoms with Gasteiger partial charge in [0, 0.05) is 25.2 Å². The van der Waals surface area contributed by atoms with Crippen molar-refractivity contribution in [3.63, 3.8) is 0 Å². The molecule has 0 aromatic rings. The van der Waals surface area contributed by atoms with Crippen LogP contribution < -0.4 is 10.0 Å². The molecule has 0 radical (unpaired) electrons. The van der Waals surface area contributed by atoms with Crippen LogP contribution in [0.3, 0.4) is 0 Å². The minimum atomic E-state index is -3.18. The lowest BCUT2D eigenvalue weighted by molar-refractivity contribution is 0.163. The summed E-state index contributed by atoms with van der Waals surface area (Å²) in [6.07, 6.45) is 1.67. The normalized spacial score (nSPS) is 17.8. The van der Waals surface area contributed by atoms with Gasteiger partial charge < -0.3 is 10.2 Å². The predicted molar refractivity (Wildman–Crippen MR) is 89.2 cm³/mol. The Kier molecular flexibility index (Phi) is 6.67. The summed E-state index contributed by atoms with van der Waals surface area (Å²) in [7, 11) is -3.18. The predicted octanol–water partition coefficient (Wildman–Crippen LogP) is 1.78. The SMILES string of the molecule is CC(C)CS(=O)(=O)NCC1CCN(C(=O)NC(C)(C)C)CC1. The molecule has 0 aromatic carbocycles. The molecule has 1 saturated heterocycles. The minimum Gasteiger partial charge on any atom is -0.333 e. The maximum Gasteiger partial charge on any atom is 0.317 e. The number of rotatable bonds is 5. The topological polar surface area (TPSA) is 78.5 Å². The average molecular weight is 333 g/mol. The second kappa shape index (κ2) is 7.64. The molecule has 130 valence electrons. The first-order valence-corrected chi connectivity index (χ1v) is 9.68. The number of likely N-dealkylation sites (tertiary alicyclic amines) is 1. The van der Waals surface area contributed by atoms with Crippen molar-refractivity contribution in [3.8, 4) is 0 Å². The van der Waals surface area contributed by atoms with E-state index in [0.29, 0.717) is 25.6 Å². The van der Waals surface area contributed by atoms with Crippen molar-refractivity contribution in [3.05, 3.63) is 0 Å². The Morgan fingerprint density at radius 3 is 2.23 bits per heavy atom. The third-order valence-corrected chi connectivity index (χ3v) is 5.24. The summed E-state index contributed by atoms with van der Waals surface area (Å²) in [5, 5.41) is 2.96. The van der Waals surface area contributed by atoms with Crippen molar-refractivity contribution in [2.24, 2.45) is 11.8 Å². The minimum absolute atomic E-state index is 0.0358. The van der Waals surface area contributed by atoms with Crippen molar-refractivity contribution >= 4 is 16.1 Å². The van der Waals surface area contributed by atoms with Crippen LogP contribution in [0, 0.1) is 11.8 Å². The zero-order valence-electron chi connectivity index (χ0n) is 14.5. The highest BCUT2D eigenvalue weighted by molar-refractivity contribution is 7.89. The van der Waals surface area contributed by atoms with E-state index in [0.717, 1.165) is 12.8 Å². The lowest BCUT2D eigenvalue weighted by Gasteiger charge is -2.34. The molecule has 7 heteroatoms. The van der Waals surface area contributed by atoms with Gasteiger partial charge in [0.15, 0.2) is 0 Å². The smallest absolute Gasteiger partial charge is 0.317 e. The summed E-state index contributed by atoms with van der Waals surface area (Å²) in [6.45, 7) is 11.5. The van der Waals surface area contributed by atoms with E-state index < -0.39 is 10.0 Å². The third kappa shape index (κ3) is 7.45. The van der Waals surface area contributed by atoms with Crippen LogP contribution >= 0.6 is 0 Å². The summed E-state index contributed by atoms with van der Waals surface area (Å²) in [6, 6.07) is -0.0358. The summed E-state index contributed by atoms with van der Waals surface area (Å²) >= 11 is 0. The zero-order chi connectivity index (χ0) is 17.0. The third-order valence-electron chi connectivity index (χ3n) is 3.53. The molecule has 1 heterocycles. The van der Waals surface area contributed by atoms with Gasteiger partial charge in [0.25, 0.3) is 0 Å². The Balaban J connectivity index is 2.35. The molecule has 0 atom stereocenters. The molecule has 0 bridgehead atoms. The van der Waals surface area contributed by atoms with Crippen LogP contribution in [0.5, 0.6) is 0 Å². The highest BCUT2D eigenvalue weighted by Gasteiger charge is 2.26. The van der Waals surface area contributed by atoms with Gasteiger partial charge in [-0.3, -0.25) is 0 Å². The zero-order valence-corrected chi connectivity index (χ0v) is 15.3. The van der Waals surface area contributed by atoms with E-state index in [4.69, 9.17) is 0 Å². The number of hydrogen-bond acceptors (Lipinski definition) is 3. The first kappa shape index (κ1) is 19.2. The standard InChI is InChI=1S/C15H31N3O3S/c1-12(2)11-22(20,21)16-10-13-6-8-18(9-7-13)14(19)17-15(3,4)5/h12-13,16H,6-11H2,1-5H3,(H,17,19). The second-order valence-electron chi connectivity index (χ2n) is 7.63. The maximum atomic E-state index is 12.1. The molecule has 22 heavy (non-hydrogen) atoms. The van der Waals surface area contributed by atoms with Gasteiger partial charge in [-0.1, -0.05) is 13.8 Å². The molecule has 1 fully saturated rings. The summed E-state index contributed by atoms with van der Waals surface area (Å²) < 4.78 is 26.3. The number of nitrogens with zero attached hydrogens (tertiary/aromatic N) is 1. The van der Waals surface area contributed by atoms with Gasteiger partial charge in [0.05, 0.1) is 5.75 Å². The van der Waals surface area contributed by atoms with Gasteiger partial charge >= 0.3 is 6.03 Å². The molecule has 6 nitrogen and oxygen atoms in total. The molecule has 0 saturated carbocycles. The molecule has 0 unspecified atom stereocenters. The van der Waals surface area contributed by atoms with E-state index in [-0.39, 0.29) is 23.2 Å². The Bertz CT molecular complexity index is 461. The quantitative estimate of drug-likeness (QED) is 0.805. The molecular formula is C15H31N3O3S. The number of urea groups is 1. The van der Waals surface area contributed by atoms with Crippen LogP contribution in [0.4, 0.5) is 4.79 Å². The number of sulfonamides is 1. The largest absolute Gasteiger partial charge is 0.333 e. The van der Waals surface area contributed by atoms with Crippen molar-refractivity contribution < 1.29 is 13.2 Å². The van der Waals surface area contributed by atoms with Crippen molar-refractivity contribution in [2.75, 3.05) is 25.4 Å². The number of amides is 2. The maximum absolute atomic E-state index is 12.1. The molecule has 0 aliphatic carbocycles. The number of carbonyl (C=O) groups is 1. The fourth-order valence-corrected chi connectivity index (χ4v) is 3.97. The Morgan fingerprint density at radius 2 is 1.77 bits per heavy atom. The monoisotopic (exact) mass is 333 g/mol. The van der Waals surface area contributed by atoms with Crippen LogP contribution in [-0.2, 0) is 10.0 Å². The number of nitrogens with one attached hydrogen (secondary N) is 2. The fourth-order valence-electron chi connectivity index (χ4n) is 2.48. The van der Waals surface area contributed by atoms with Gasteiger partial charge in [-0.15, -0.1) is 0 Å². The summed E-state index contributed by atoms with van der Waals surface area (Å²) in [4.78, 5) is 13.9. The van der Waals surface area contributed by atoms with Crippen LogP contribution in [0.1, 0.15) is 47.5 Å². The molecule has 1 rings (SSSR count). The van der Waals surface area contributed by atoms with Crippen molar-refractivity contribution in [1.29, 1.82) is 0 Å². The van der Waals surface area contributed by atoms with Gasteiger partial charge in [-0.05, 0) is 45.4 Å².